The molecule has 0 saturated heterocycles. The summed E-state index contributed by atoms with van der Waals surface area (Å²) in [7, 11) is 3.85. The number of anilines is 2. The summed E-state index contributed by atoms with van der Waals surface area (Å²) in [5.74, 6) is 0.0127. The number of nitrogens with one attached hydrogen (secondary N) is 4. The number of nitrogens with zero attached hydrogens (tertiary/aromatic N) is 4. The van der Waals surface area contributed by atoms with Crippen molar-refractivity contribution in [2.45, 2.75) is 37.8 Å². The van der Waals surface area contributed by atoms with Gasteiger partial charge in [0, 0.05) is 47.4 Å². The second-order valence-electron chi connectivity index (χ2n) is 10.4. The van der Waals surface area contributed by atoms with E-state index in [1.54, 1.807) is 24.4 Å². The van der Waals surface area contributed by atoms with Gasteiger partial charge in [-0.15, -0.1) is 0 Å². The number of likely N-dealkylation sites (N-methyl/N-ethyl adjacent to an activating group) is 1. The summed E-state index contributed by atoms with van der Waals surface area (Å²) in [6.45, 7) is 0.668. The lowest BCUT2D eigenvalue weighted by molar-refractivity contribution is -0.111. The first kappa shape index (κ1) is 28.3. The first-order valence-corrected chi connectivity index (χ1v) is 14.0. The van der Waals surface area contributed by atoms with E-state index in [9.17, 15) is 9.59 Å². The van der Waals surface area contributed by atoms with Crippen molar-refractivity contribution in [3.63, 3.8) is 0 Å². The molecule has 1 aliphatic carbocycles. The van der Waals surface area contributed by atoms with Gasteiger partial charge in [-0.25, -0.2) is 15.0 Å². The number of carbonyl (C=O) groups excluding carboxylic acids is 2. The van der Waals surface area contributed by atoms with Crippen LogP contribution in [0.15, 0.2) is 67.1 Å². The molecule has 1 saturated carbocycles. The predicted octanol–water partition coefficient (Wildman–Crippen LogP) is 4.88. The predicted molar refractivity (Wildman–Crippen MR) is 162 cm³/mol. The standard InChI is InChI=1S/C30H33ClN8O2/c1-39(2)15-5-10-27(40)35-21-11-12-26(33-17-21)29(41)36-19-6-3-7-20(16-19)37-30-34-18-24(31)28(38-30)23-8-4-9-25-22(23)13-14-32-25/h4-5,8-14,17-20,32H,3,6-7,15-16H2,1-2H3,(H,35,40)(H,36,41)(H,34,37,38)/b10-5+/t19-,20+/m0/s1. The minimum absolute atomic E-state index is 0.0165. The fourth-order valence-electron chi connectivity index (χ4n) is 4.97. The monoisotopic (exact) mass is 572 g/mol. The molecule has 1 aliphatic rings. The number of H-pyrrole nitrogens is 1. The number of hydrogen-bond acceptors (Lipinski definition) is 7. The van der Waals surface area contributed by atoms with Crippen LogP contribution in [-0.4, -0.2) is 69.4 Å². The highest BCUT2D eigenvalue weighted by atomic mass is 35.5. The number of aromatic nitrogens is 4. The van der Waals surface area contributed by atoms with E-state index in [2.05, 4.69) is 30.9 Å². The minimum Gasteiger partial charge on any atom is -0.361 e. The molecule has 0 bridgehead atoms. The Labute approximate surface area is 243 Å². The van der Waals surface area contributed by atoms with Gasteiger partial charge in [0.2, 0.25) is 11.9 Å². The molecule has 10 nitrogen and oxygen atoms in total. The third-order valence-electron chi connectivity index (χ3n) is 6.94. The molecule has 2 atom stereocenters. The van der Waals surface area contributed by atoms with Crippen LogP contribution in [0.5, 0.6) is 0 Å². The smallest absolute Gasteiger partial charge is 0.270 e. The van der Waals surface area contributed by atoms with Crippen molar-refractivity contribution in [1.29, 1.82) is 0 Å². The van der Waals surface area contributed by atoms with Gasteiger partial charge in [-0.2, -0.15) is 0 Å². The molecule has 5 rings (SSSR count). The lowest BCUT2D eigenvalue weighted by Gasteiger charge is -2.30. The van der Waals surface area contributed by atoms with Crippen molar-refractivity contribution < 1.29 is 9.59 Å². The zero-order chi connectivity index (χ0) is 28.8. The number of fused-ring (bicyclic) bond motifs is 1. The van der Waals surface area contributed by atoms with Crippen LogP contribution >= 0.6 is 11.6 Å². The van der Waals surface area contributed by atoms with Crippen LogP contribution in [0.2, 0.25) is 5.02 Å². The van der Waals surface area contributed by atoms with Crippen molar-refractivity contribution in [2.75, 3.05) is 31.3 Å². The topological polar surface area (TPSA) is 128 Å². The SMILES string of the molecule is CN(C)C/C=C/C(=O)Nc1ccc(C(=O)N[C@H]2CCC[C@@H](Nc3ncc(Cl)c(-c4cccc5[nH]ccc45)n3)C2)nc1. The van der Waals surface area contributed by atoms with Crippen LogP contribution in [0.1, 0.15) is 36.2 Å². The number of halogens is 1. The molecular weight excluding hydrogens is 540 g/mol. The molecule has 0 unspecified atom stereocenters. The first-order chi connectivity index (χ1) is 19.9. The molecular formula is C30H33ClN8O2. The molecule has 0 aliphatic heterocycles. The molecule has 41 heavy (non-hydrogen) atoms. The normalized spacial score (nSPS) is 17.2. The van der Waals surface area contributed by atoms with Crippen LogP contribution in [0.4, 0.5) is 11.6 Å². The van der Waals surface area contributed by atoms with Gasteiger partial charge in [-0.3, -0.25) is 9.59 Å². The molecule has 1 aromatic carbocycles. The Kier molecular flexibility index (Phi) is 8.91. The van der Waals surface area contributed by atoms with Crippen molar-refractivity contribution in [1.82, 2.24) is 30.2 Å². The molecule has 1 fully saturated rings. The molecule has 3 aromatic heterocycles. The second-order valence-corrected chi connectivity index (χ2v) is 10.8. The third-order valence-corrected chi connectivity index (χ3v) is 7.22. The van der Waals surface area contributed by atoms with Crippen molar-refractivity contribution in [3.8, 4) is 11.3 Å². The molecule has 0 radical (unpaired) electrons. The maximum Gasteiger partial charge on any atom is 0.270 e. The lowest BCUT2D eigenvalue weighted by atomic mass is 9.91. The zero-order valence-electron chi connectivity index (χ0n) is 23.0. The number of benzene rings is 1. The van der Waals surface area contributed by atoms with E-state index < -0.39 is 0 Å². The quantitative estimate of drug-likeness (QED) is 0.210. The van der Waals surface area contributed by atoms with E-state index >= 15 is 0 Å². The van der Waals surface area contributed by atoms with Crippen LogP contribution in [0.25, 0.3) is 22.2 Å². The highest BCUT2D eigenvalue weighted by Crippen LogP contribution is 2.32. The van der Waals surface area contributed by atoms with Gasteiger partial charge in [0.05, 0.1) is 28.8 Å². The number of hydrogen-bond donors (Lipinski definition) is 4. The zero-order valence-corrected chi connectivity index (χ0v) is 23.8. The van der Waals surface area contributed by atoms with Gasteiger partial charge in [-0.05, 0) is 64.0 Å². The molecule has 11 heteroatoms. The third kappa shape index (κ3) is 7.27. The van der Waals surface area contributed by atoms with E-state index in [1.807, 2.05) is 49.5 Å². The first-order valence-electron chi connectivity index (χ1n) is 13.6. The van der Waals surface area contributed by atoms with Crippen molar-refractivity contribution in [3.05, 3.63) is 77.9 Å². The van der Waals surface area contributed by atoms with Gasteiger partial charge in [0.15, 0.2) is 0 Å². The van der Waals surface area contributed by atoms with Crippen LogP contribution in [-0.2, 0) is 4.79 Å². The molecule has 4 aromatic rings. The average molecular weight is 573 g/mol. The molecule has 3 heterocycles. The highest BCUT2D eigenvalue weighted by Gasteiger charge is 2.25. The van der Waals surface area contributed by atoms with Crippen LogP contribution < -0.4 is 16.0 Å². The number of carbonyl (C=O) groups is 2. The Morgan fingerprint density at radius 3 is 2.76 bits per heavy atom. The average Bonchev–Trinajstić information content (AvgIpc) is 3.44. The number of amides is 2. The Morgan fingerprint density at radius 1 is 1.10 bits per heavy atom. The van der Waals surface area contributed by atoms with Gasteiger partial charge in [0.25, 0.3) is 5.91 Å². The maximum atomic E-state index is 12.9. The Morgan fingerprint density at radius 2 is 1.95 bits per heavy atom. The van der Waals surface area contributed by atoms with Gasteiger partial charge >= 0.3 is 0 Å². The van der Waals surface area contributed by atoms with Crippen LogP contribution in [0, 0.1) is 0 Å². The van der Waals surface area contributed by atoms with E-state index in [0.29, 0.717) is 34.6 Å². The Balaban J connectivity index is 1.18. The molecule has 212 valence electrons. The summed E-state index contributed by atoms with van der Waals surface area (Å²) in [6.07, 6.45) is 11.8. The van der Waals surface area contributed by atoms with E-state index in [-0.39, 0.29) is 23.9 Å². The van der Waals surface area contributed by atoms with Gasteiger partial charge < -0.3 is 25.8 Å². The number of aromatic amines is 1. The van der Waals surface area contributed by atoms with Gasteiger partial charge in [0.1, 0.15) is 5.69 Å². The van der Waals surface area contributed by atoms with Crippen LogP contribution in [0.3, 0.4) is 0 Å². The summed E-state index contributed by atoms with van der Waals surface area (Å²) in [4.78, 5) is 43.5. The maximum absolute atomic E-state index is 12.9. The molecule has 0 spiro atoms. The summed E-state index contributed by atoms with van der Waals surface area (Å²) in [5.41, 5.74) is 3.44. The van der Waals surface area contributed by atoms with Gasteiger partial charge in [-0.1, -0.05) is 29.8 Å². The van der Waals surface area contributed by atoms with E-state index in [1.165, 1.54) is 12.3 Å². The second kappa shape index (κ2) is 12.9. The fraction of sp³-hybridized carbons (Fsp3) is 0.300. The summed E-state index contributed by atoms with van der Waals surface area (Å²) < 4.78 is 0. The highest BCUT2D eigenvalue weighted by molar-refractivity contribution is 6.33. The number of rotatable bonds is 9. The lowest BCUT2D eigenvalue weighted by Crippen LogP contribution is -2.42. The summed E-state index contributed by atoms with van der Waals surface area (Å²) in [6, 6.07) is 11.4. The van der Waals surface area contributed by atoms with E-state index in [4.69, 9.17) is 16.6 Å². The molecule has 4 N–H and O–H groups in total. The Hall–Kier alpha value is -4.28. The minimum atomic E-state index is -0.246. The summed E-state index contributed by atoms with van der Waals surface area (Å²) >= 11 is 6.50. The fourth-order valence-corrected chi connectivity index (χ4v) is 5.16. The molecule has 2 amide bonds. The summed E-state index contributed by atoms with van der Waals surface area (Å²) in [5, 5.41) is 10.8. The number of pyridine rings is 1. The van der Waals surface area contributed by atoms with Crippen molar-refractivity contribution >= 4 is 46.0 Å². The largest absolute Gasteiger partial charge is 0.361 e. The Bertz CT molecular complexity index is 1550. The van der Waals surface area contributed by atoms with E-state index in [0.717, 1.165) is 42.1 Å². The van der Waals surface area contributed by atoms with Crippen molar-refractivity contribution in [2.24, 2.45) is 0 Å².